The van der Waals surface area contributed by atoms with Crippen LogP contribution >= 0.6 is 0 Å². The van der Waals surface area contributed by atoms with Crippen LogP contribution in [0.5, 0.6) is 0 Å². The Kier molecular flexibility index (Phi) is 6.89. The number of aromatic nitrogens is 1. The Morgan fingerprint density at radius 2 is 1.05 bits per heavy atom. The van der Waals surface area contributed by atoms with E-state index in [1.165, 1.54) is 32.3 Å². The van der Waals surface area contributed by atoms with Gasteiger partial charge in [0.15, 0.2) is 5.58 Å². The summed E-state index contributed by atoms with van der Waals surface area (Å²) in [4.78, 5) is 7.39. The standard InChI is InChI=1S/C53H32N2O2/c1-2-12-33(13-3-1)40-19-8-9-21-46(40)55(47-22-10-17-35-25-27-41-39-18-7-6-14-34(39)24-28-42(41)51(35)47)38-26-29-43-49(32-38)56-48-23-11-20-44(52(43)48)53-54-45-30-36-15-4-5-16-37(36)31-50(45)57-53/h1-32H. The molecule has 0 aliphatic rings. The summed E-state index contributed by atoms with van der Waals surface area (Å²) in [5.74, 6) is 0.575. The molecule has 0 saturated heterocycles. The molecule has 12 rings (SSSR count). The Labute approximate surface area is 327 Å². The first-order valence-corrected chi connectivity index (χ1v) is 19.3. The van der Waals surface area contributed by atoms with E-state index in [0.717, 1.165) is 77.6 Å². The number of oxazole rings is 1. The van der Waals surface area contributed by atoms with Gasteiger partial charge in [0, 0.05) is 39.0 Å². The van der Waals surface area contributed by atoms with Gasteiger partial charge in [-0.1, -0.05) is 140 Å². The Hall–Kier alpha value is -7.69. The minimum atomic E-state index is 0.575. The molecule has 2 aromatic heterocycles. The molecule has 266 valence electrons. The Morgan fingerprint density at radius 1 is 0.368 bits per heavy atom. The first kappa shape index (κ1) is 31.6. The van der Waals surface area contributed by atoms with Gasteiger partial charge < -0.3 is 13.7 Å². The van der Waals surface area contributed by atoms with E-state index in [4.69, 9.17) is 13.8 Å². The van der Waals surface area contributed by atoms with Gasteiger partial charge in [-0.3, -0.25) is 0 Å². The summed E-state index contributed by atoms with van der Waals surface area (Å²) < 4.78 is 13.2. The summed E-state index contributed by atoms with van der Waals surface area (Å²) in [6.45, 7) is 0. The third kappa shape index (κ3) is 4.98. The molecule has 0 amide bonds. The highest BCUT2D eigenvalue weighted by Gasteiger charge is 2.23. The van der Waals surface area contributed by atoms with Crippen molar-refractivity contribution in [3.05, 3.63) is 194 Å². The van der Waals surface area contributed by atoms with E-state index in [9.17, 15) is 0 Å². The van der Waals surface area contributed by atoms with Crippen LogP contribution in [-0.2, 0) is 0 Å². The van der Waals surface area contributed by atoms with Crippen LogP contribution in [0, 0.1) is 0 Å². The van der Waals surface area contributed by atoms with Crippen molar-refractivity contribution in [1.29, 1.82) is 0 Å². The summed E-state index contributed by atoms with van der Waals surface area (Å²) >= 11 is 0. The van der Waals surface area contributed by atoms with Crippen molar-refractivity contribution in [1.82, 2.24) is 4.98 Å². The fourth-order valence-corrected chi connectivity index (χ4v) is 8.84. The zero-order valence-corrected chi connectivity index (χ0v) is 30.7. The van der Waals surface area contributed by atoms with E-state index in [1.54, 1.807) is 0 Å². The fourth-order valence-electron chi connectivity index (χ4n) is 8.84. The molecule has 0 unspecified atom stereocenters. The van der Waals surface area contributed by atoms with Gasteiger partial charge in [0.05, 0.1) is 11.4 Å². The summed E-state index contributed by atoms with van der Waals surface area (Å²) in [7, 11) is 0. The van der Waals surface area contributed by atoms with Gasteiger partial charge in [0.1, 0.15) is 16.7 Å². The van der Waals surface area contributed by atoms with Gasteiger partial charge in [-0.05, 0) is 91.8 Å². The molecule has 57 heavy (non-hydrogen) atoms. The highest BCUT2D eigenvalue weighted by molar-refractivity contribution is 6.22. The maximum Gasteiger partial charge on any atom is 0.228 e. The average Bonchev–Trinajstić information content (AvgIpc) is 3.87. The molecule has 0 atom stereocenters. The first-order valence-electron chi connectivity index (χ1n) is 19.3. The topological polar surface area (TPSA) is 42.4 Å². The number of hydrogen-bond acceptors (Lipinski definition) is 4. The van der Waals surface area contributed by atoms with Gasteiger partial charge >= 0.3 is 0 Å². The number of nitrogens with zero attached hydrogens (tertiary/aromatic N) is 2. The molecule has 0 N–H and O–H groups in total. The zero-order chi connectivity index (χ0) is 37.5. The number of para-hydroxylation sites is 1. The quantitative estimate of drug-likeness (QED) is 0.166. The lowest BCUT2D eigenvalue weighted by atomic mass is 9.95. The molecule has 4 nitrogen and oxygen atoms in total. The van der Waals surface area contributed by atoms with Crippen molar-refractivity contribution in [3.8, 4) is 22.6 Å². The average molecular weight is 729 g/mol. The molecule has 2 heterocycles. The number of hydrogen-bond donors (Lipinski definition) is 0. The van der Waals surface area contributed by atoms with E-state index < -0.39 is 0 Å². The lowest BCUT2D eigenvalue weighted by Gasteiger charge is -2.29. The number of benzene rings is 10. The molecule has 0 saturated carbocycles. The third-order valence-corrected chi connectivity index (χ3v) is 11.4. The molecule has 12 aromatic rings. The summed E-state index contributed by atoms with van der Waals surface area (Å²) in [5, 5.41) is 11.5. The second-order valence-corrected chi connectivity index (χ2v) is 14.7. The van der Waals surface area contributed by atoms with Crippen LogP contribution in [0.3, 0.4) is 0 Å². The predicted octanol–water partition coefficient (Wildman–Crippen LogP) is 15.1. The normalized spacial score (nSPS) is 11.9. The van der Waals surface area contributed by atoms with Crippen LogP contribution in [0.2, 0.25) is 0 Å². The molecule has 0 aliphatic heterocycles. The van der Waals surface area contributed by atoms with Crippen LogP contribution in [0.1, 0.15) is 0 Å². The molecule has 4 heteroatoms. The van der Waals surface area contributed by atoms with Gasteiger partial charge in [-0.15, -0.1) is 0 Å². The van der Waals surface area contributed by atoms with Crippen molar-refractivity contribution >= 4 is 93.2 Å². The number of anilines is 3. The Morgan fingerprint density at radius 3 is 1.96 bits per heavy atom. The second kappa shape index (κ2) is 12.4. The minimum absolute atomic E-state index is 0.575. The second-order valence-electron chi connectivity index (χ2n) is 14.7. The predicted molar refractivity (Wildman–Crippen MR) is 237 cm³/mol. The van der Waals surface area contributed by atoms with Crippen molar-refractivity contribution in [2.45, 2.75) is 0 Å². The molecular formula is C53H32N2O2. The number of rotatable bonds is 5. The SMILES string of the molecule is c1ccc(-c2ccccc2N(c2ccc3c(c2)oc2cccc(-c4nc5cc6ccccc6cc5o4)c23)c2cccc3ccc4c5ccccc5ccc4c23)cc1. The van der Waals surface area contributed by atoms with Gasteiger partial charge in [-0.25, -0.2) is 4.98 Å². The van der Waals surface area contributed by atoms with Crippen molar-refractivity contribution in [2.24, 2.45) is 0 Å². The molecular weight excluding hydrogens is 697 g/mol. The molecule has 0 aliphatic carbocycles. The van der Waals surface area contributed by atoms with Crippen LogP contribution < -0.4 is 4.90 Å². The summed E-state index contributed by atoms with van der Waals surface area (Å²) in [6, 6.07) is 68.8. The number of fused-ring (bicyclic) bond motifs is 10. The lowest BCUT2D eigenvalue weighted by Crippen LogP contribution is -2.12. The van der Waals surface area contributed by atoms with Crippen LogP contribution in [0.15, 0.2) is 203 Å². The Bertz CT molecular complexity index is 3490. The van der Waals surface area contributed by atoms with E-state index >= 15 is 0 Å². The molecule has 0 fully saturated rings. The Balaban J connectivity index is 1.10. The highest BCUT2D eigenvalue weighted by atomic mass is 16.3. The van der Waals surface area contributed by atoms with Crippen LogP contribution in [0.25, 0.3) is 98.7 Å². The largest absolute Gasteiger partial charge is 0.456 e. The van der Waals surface area contributed by atoms with Crippen molar-refractivity contribution in [3.63, 3.8) is 0 Å². The molecule has 0 bridgehead atoms. The van der Waals surface area contributed by atoms with Gasteiger partial charge in [0.2, 0.25) is 5.89 Å². The number of furan rings is 1. The smallest absolute Gasteiger partial charge is 0.228 e. The van der Waals surface area contributed by atoms with Gasteiger partial charge in [0.25, 0.3) is 0 Å². The minimum Gasteiger partial charge on any atom is -0.456 e. The molecule has 10 aromatic carbocycles. The third-order valence-electron chi connectivity index (χ3n) is 11.4. The van der Waals surface area contributed by atoms with Crippen LogP contribution in [0.4, 0.5) is 17.1 Å². The molecule has 0 spiro atoms. The summed E-state index contributed by atoms with van der Waals surface area (Å²) in [5.41, 5.74) is 9.50. The van der Waals surface area contributed by atoms with Crippen molar-refractivity contribution in [2.75, 3.05) is 4.90 Å². The van der Waals surface area contributed by atoms with Crippen LogP contribution in [-0.4, -0.2) is 4.98 Å². The fraction of sp³-hybridized carbons (Fsp3) is 0. The van der Waals surface area contributed by atoms with E-state index in [0.29, 0.717) is 5.89 Å². The molecule has 0 radical (unpaired) electrons. The first-order chi connectivity index (χ1) is 28.2. The summed E-state index contributed by atoms with van der Waals surface area (Å²) in [6.07, 6.45) is 0. The van der Waals surface area contributed by atoms with E-state index in [-0.39, 0.29) is 0 Å². The van der Waals surface area contributed by atoms with E-state index in [2.05, 4.69) is 175 Å². The zero-order valence-electron chi connectivity index (χ0n) is 30.7. The van der Waals surface area contributed by atoms with Crippen molar-refractivity contribution < 1.29 is 8.83 Å². The maximum atomic E-state index is 6.74. The maximum absolute atomic E-state index is 6.74. The highest BCUT2D eigenvalue weighted by Crippen LogP contribution is 2.47. The monoisotopic (exact) mass is 728 g/mol. The van der Waals surface area contributed by atoms with E-state index in [1.807, 2.05) is 24.3 Å². The van der Waals surface area contributed by atoms with Gasteiger partial charge in [-0.2, -0.15) is 0 Å². The lowest BCUT2D eigenvalue weighted by molar-refractivity contribution is 0.620.